The lowest BCUT2D eigenvalue weighted by Crippen LogP contribution is -2.57. The highest BCUT2D eigenvalue weighted by atomic mass is 16.6. The Bertz CT molecular complexity index is 793. The van der Waals surface area contributed by atoms with Gasteiger partial charge in [0, 0.05) is 30.3 Å². The number of carbonyl (C=O) groups is 1. The number of rotatable bonds is 4. The second-order valence-electron chi connectivity index (χ2n) is 6.55. The number of hydrogen-bond acceptors (Lipinski definition) is 6. The van der Waals surface area contributed by atoms with E-state index in [0.29, 0.717) is 17.2 Å². The first kappa shape index (κ1) is 15.8. The molecule has 25 heavy (non-hydrogen) atoms. The highest BCUT2D eigenvalue weighted by Crippen LogP contribution is 2.28. The van der Waals surface area contributed by atoms with Crippen molar-refractivity contribution in [1.82, 2.24) is 15.2 Å². The summed E-state index contributed by atoms with van der Waals surface area (Å²) in [5.74, 6) is 0.642. The van der Waals surface area contributed by atoms with Crippen molar-refractivity contribution in [3.05, 3.63) is 46.5 Å². The molecule has 2 aromatic rings. The van der Waals surface area contributed by atoms with Crippen molar-refractivity contribution in [2.75, 3.05) is 19.6 Å². The maximum absolute atomic E-state index is 12.4. The first-order valence-electron chi connectivity index (χ1n) is 8.34. The molecule has 5 rings (SSSR count). The van der Waals surface area contributed by atoms with Gasteiger partial charge in [-0.15, -0.1) is 0 Å². The number of nitrogens with one attached hydrogen (secondary N) is 1. The normalized spacial score (nSPS) is 24.9. The van der Waals surface area contributed by atoms with Crippen LogP contribution in [0.5, 0.6) is 0 Å². The van der Waals surface area contributed by atoms with Crippen LogP contribution in [0.3, 0.4) is 0 Å². The summed E-state index contributed by atoms with van der Waals surface area (Å²) in [4.78, 5) is 29.1. The Morgan fingerprint density at radius 2 is 2.00 bits per heavy atom. The summed E-state index contributed by atoms with van der Waals surface area (Å²) in [6, 6.07) is 6.08. The van der Waals surface area contributed by atoms with Crippen LogP contribution in [-0.4, -0.2) is 46.4 Å². The molecule has 0 unspecified atom stereocenters. The second-order valence-corrected chi connectivity index (χ2v) is 6.55. The van der Waals surface area contributed by atoms with Crippen LogP contribution >= 0.6 is 0 Å². The van der Waals surface area contributed by atoms with E-state index in [-0.39, 0.29) is 23.5 Å². The van der Waals surface area contributed by atoms with Crippen LogP contribution < -0.4 is 5.32 Å². The van der Waals surface area contributed by atoms with Gasteiger partial charge in [0.05, 0.1) is 11.1 Å². The first-order valence-corrected chi connectivity index (χ1v) is 8.34. The predicted molar refractivity (Wildman–Crippen MR) is 89.0 cm³/mol. The molecule has 1 aromatic heterocycles. The van der Waals surface area contributed by atoms with E-state index in [1.807, 2.05) is 0 Å². The third-order valence-electron chi connectivity index (χ3n) is 5.04. The van der Waals surface area contributed by atoms with Crippen molar-refractivity contribution in [1.29, 1.82) is 0 Å². The molecular weight excluding hydrogens is 324 g/mol. The molecule has 0 radical (unpaired) electrons. The van der Waals surface area contributed by atoms with Gasteiger partial charge in [-0.25, -0.2) is 4.98 Å². The molecule has 0 saturated carbocycles. The van der Waals surface area contributed by atoms with Gasteiger partial charge in [-0.1, -0.05) is 0 Å². The Morgan fingerprint density at radius 3 is 2.60 bits per heavy atom. The third kappa shape index (κ3) is 3.12. The summed E-state index contributed by atoms with van der Waals surface area (Å²) >= 11 is 0. The fourth-order valence-corrected chi connectivity index (χ4v) is 3.62. The SMILES string of the molecule is O=C(N[C@H]1CN2CCC1CC2)c1ncc(-c2ccc([N+](=O)[O-])cc2)o1. The molecule has 3 aliphatic rings. The van der Waals surface area contributed by atoms with Crippen LogP contribution in [0.2, 0.25) is 0 Å². The lowest BCUT2D eigenvalue weighted by molar-refractivity contribution is -0.384. The second kappa shape index (κ2) is 6.29. The molecule has 3 fully saturated rings. The topological polar surface area (TPSA) is 102 Å². The minimum atomic E-state index is -0.461. The van der Waals surface area contributed by atoms with E-state index in [0.717, 1.165) is 32.5 Å². The van der Waals surface area contributed by atoms with Crippen molar-refractivity contribution >= 4 is 11.6 Å². The van der Waals surface area contributed by atoms with Gasteiger partial charge in [0.25, 0.3) is 11.6 Å². The maximum Gasteiger partial charge on any atom is 0.307 e. The monoisotopic (exact) mass is 342 g/mol. The van der Waals surface area contributed by atoms with Gasteiger partial charge in [-0.3, -0.25) is 14.9 Å². The number of benzene rings is 1. The summed E-state index contributed by atoms with van der Waals surface area (Å²) in [7, 11) is 0. The molecular formula is C17H18N4O4. The van der Waals surface area contributed by atoms with Gasteiger partial charge >= 0.3 is 5.91 Å². The number of oxazole rings is 1. The molecule has 2 bridgehead atoms. The fraction of sp³-hybridized carbons (Fsp3) is 0.412. The fourth-order valence-electron chi connectivity index (χ4n) is 3.62. The molecule has 8 heteroatoms. The highest BCUT2D eigenvalue weighted by Gasteiger charge is 2.35. The van der Waals surface area contributed by atoms with E-state index in [1.165, 1.54) is 18.3 Å². The summed E-state index contributed by atoms with van der Waals surface area (Å²) in [5.41, 5.74) is 0.642. The summed E-state index contributed by atoms with van der Waals surface area (Å²) in [6.45, 7) is 3.10. The third-order valence-corrected chi connectivity index (χ3v) is 5.04. The van der Waals surface area contributed by atoms with Crippen LogP contribution in [0.1, 0.15) is 23.5 Å². The van der Waals surface area contributed by atoms with Crippen molar-refractivity contribution < 1.29 is 14.1 Å². The number of carbonyl (C=O) groups excluding carboxylic acids is 1. The molecule has 0 spiro atoms. The zero-order valence-electron chi connectivity index (χ0n) is 13.6. The number of aromatic nitrogens is 1. The minimum absolute atomic E-state index is 0.00332. The van der Waals surface area contributed by atoms with E-state index >= 15 is 0 Å². The number of nitro groups is 1. The number of nitro benzene ring substituents is 1. The van der Waals surface area contributed by atoms with Gasteiger partial charge in [0.1, 0.15) is 0 Å². The lowest BCUT2D eigenvalue weighted by atomic mass is 9.84. The number of fused-ring (bicyclic) bond motifs is 3. The molecule has 1 N–H and O–H groups in total. The Morgan fingerprint density at radius 1 is 1.28 bits per heavy atom. The molecule has 3 saturated heterocycles. The van der Waals surface area contributed by atoms with E-state index in [9.17, 15) is 14.9 Å². The first-order chi connectivity index (χ1) is 12.1. The Labute approximate surface area is 144 Å². The molecule has 3 aliphatic heterocycles. The van der Waals surface area contributed by atoms with Gasteiger partial charge in [-0.05, 0) is 44.0 Å². The molecule has 4 heterocycles. The summed E-state index contributed by atoms with van der Waals surface area (Å²) in [5, 5.41) is 13.7. The number of piperidine rings is 3. The van der Waals surface area contributed by atoms with Crippen molar-refractivity contribution in [2.45, 2.75) is 18.9 Å². The molecule has 130 valence electrons. The van der Waals surface area contributed by atoms with E-state index in [2.05, 4.69) is 15.2 Å². The standard InChI is InChI=1S/C17H18N4O4/c22-16(19-14-10-20-7-5-11(14)6-8-20)17-18-9-15(25-17)12-1-3-13(4-2-12)21(23)24/h1-4,9,11,14H,5-8,10H2,(H,19,22)/t14-/m0/s1. The molecule has 8 nitrogen and oxygen atoms in total. The molecule has 0 aliphatic carbocycles. The summed E-state index contributed by atoms with van der Waals surface area (Å²) in [6.07, 6.45) is 3.70. The minimum Gasteiger partial charge on any atom is -0.432 e. The zero-order valence-corrected chi connectivity index (χ0v) is 13.6. The van der Waals surface area contributed by atoms with E-state index in [1.54, 1.807) is 12.1 Å². The van der Waals surface area contributed by atoms with Gasteiger partial charge in [0.15, 0.2) is 5.76 Å². The highest BCUT2D eigenvalue weighted by molar-refractivity contribution is 5.90. The molecule has 1 amide bonds. The Hall–Kier alpha value is -2.74. The number of hydrogen-bond donors (Lipinski definition) is 1. The summed E-state index contributed by atoms with van der Waals surface area (Å²) < 4.78 is 5.55. The van der Waals surface area contributed by atoms with Gasteiger partial charge in [0.2, 0.25) is 0 Å². The Kier molecular flexibility index (Phi) is 3.96. The predicted octanol–water partition coefficient (Wildman–Crippen LogP) is 2.07. The number of amides is 1. The van der Waals surface area contributed by atoms with Crippen LogP contribution in [0.25, 0.3) is 11.3 Å². The van der Waals surface area contributed by atoms with Crippen molar-refractivity contribution in [3.8, 4) is 11.3 Å². The van der Waals surface area contributed by atoms with Crippen molar-refractivity contribution in [3.63, 3.8) is 0 Å². The van der Waals surface area contributed by atoms with Gasteiger partial charge in [-0.2, -0.15) is 0 Å². The largest absolute Gasteiger partial charge is 0.432 e. The Balaban J connectivity index is 1.45. The van der Waals surface area contributed by atoms with E-state index < -0.39 is 4.92 Å². The van der Waals surface area contributed by atoms with Crippen molar-refractivity contribution in [2.24, 2.45) is 5.92 Å². The van der Waals surface area contributed by atoms with Crippen LogP contribution in [0.15, 0.2) is 34.9 Å². The van der Waals surface area contributed by atoms with Crippen LogP contribution in [0.4, 0.5) is 5.69 Å². The van der Waals surface area contributed by atoms with Crippen LogP contribution in [0, 0.1) is 16.0 Å². The number of non-ortho nitro benzene ring substituents is 1. The van der Waals surface area contributed by atoms with Gasteiger partial charge < -0.3 is 14.6 Å². The molecule has 1 aromatic carbocycles. The smallest absolute Gasteiger partial charge is 0.307 e. The van der Waals surface area contributed by atoms with E-state index in [4.69, 9.17) is 4.42 Å². The number of nitrogens with zero attached hydrogens (tertiary/aromatic N) is 3. The zero-order chi connectivity index (χ0) is 17.4. The maximum atomic E-state index is 12.4. The molecule has 1 atom stereocenters. The quantitative estimate of drug-likeness (QED) is 0.674. The average molecular weight is 342 g/mol. The van der Waals surface area contributed by atoms with Crippen LogP contribution in [-0.2, 0) is 0 Å². The average Bonchev–Trinajstić information content (AvgIpc) is 3.13. The lowest BCUT2D eigenvalue weighted by Gasteiger charge is -2.44.